The van der Waals surface area contributed by atoms with Crippen molar-refractivity contribution in [3.63, 3.8) is 0 Å². The van der Waals surface area contributed by atoms with Crippen LogP contribution in [-0.4, -0.2) is 65.7 Å². The van der Waals surface area contributed by atoms with E-state index in [1.807, 2.05) is 36.1 Å². The van der Waals surface area contributed by atoms with Gasteiger partial charge in [0.25, 0.3) is 5.91 Å². The Kier molecular flexibility index (Phi) is 5.62. The van der Waals surface area contributed by atoms with Crippen LogP contribution in [0.1, 0.15) is 23.8 Å². The zero-order valence-electron chi connectivity index (χ0n) is 18.8. The summed E-state index contributed by atoms with van der Waals surface area (Å²) in [6, 6.07) is 13.7. The Bertz CT molecular complexity index is 1150. The molecule has 7 nitrogen and oxygen atoms in total. The summed E-state index contributed by atoms with van der Waals surface area (Å²) in [5.74, 6) is 1.14. The lowest BCUT2D eigenvalue weighted by atomic mass is 9.77. The van der Waals surface area contributed by atoms with Crippen molar-refractivity contribution < 1.29 is 18.4 Å². The Labute approximate surface area is 192 Å². The first-order valence-electron chi connectivity index (χ1n) is 11.2. The van der Waals surface area contributed by atoms with Crippen LogP contribution in [0.5, 0.6) is 5.75 Å². The van der Waals surface area contributed by atoms with Crippen molar-refractivity contribution in [3.8, 4) is 17.1 Å². The van der Waals surface area contributed by atoms with Crippen molar-refractivity contribution in [2.75, 3.05) is 39.8 Å². The molecule has 2 aliphatic heterocycles. The van der Waals surface area contributed by atoms with Gasteiger partial charge in [0.2, 0.25) is 11.7 Å². The number of aryl methyl sites for hydroxylation is 1. The fourth-order valence-electron chi connectivity index (χ4n) is 5.07. The molecule has 0 aliphatic carbocycles. The molecule has 2 atom stereocenters. The van der Waals surface area contributed by atoms with Gasteiger partial charge in [0.15, 0.2) is 6.61 Å². The first kappa shape index (κ1) is 21.6. The average Bonchev–Trinajstić information content (AvgIpc) is 3.52. The molecule has 0 radical (unpaired) electrons. The summed E-state index contributed by atoms with van der Waals surface area (Å²) in [7, 11) is 2.10. The highest BCUT2D eigenvalue weighted by atomic mass is 19.1. The lowest BCUT2D eigenvalue weighted by molar-refractivity contribution is -0.132. The number of halogens is 1. The molecule has 2 aromatic carbocycles. The summed E-state index contributed by atoms with van der Waals surface area (Å²) in [6.07, 6.45) is 0.957. The van der Waals surface area contributed by atoms with Gasteiger partial charge >= 0.3 is 0 Å². The van der Waals surface area contributed by atoms with Gasteiger partial charge in [0.05, 0.1) is 5.92 Å². The molecule has 2 saturated heterocycles. The zero-order valence-corrected chi connectivity index (χ0v) is 18.8. The monoisotopic (exact) mass is 450 g/mol. The van der Waals surface area contributed by atoms with Crippen LogP contribution in [0, 0.1) is 18.2 Å². The van der Waals surface area contributed by atoms with Gasteiger partial charge in [-0.25, -0.2) is 4.39 Å². The highest BCUT2D eigenvalue weighted by Gasteiger charge is 2.53. The molecule has 2 fully saturated rings. The van der Waals surface area contributed by atoms with Gasteiger partial charge in [-0.2, -0.15) is 4.98 Å². The minimum atomic E-state index is -0.340. The van der Waals surface area contributed by atoms with Crippen LogP contribution in [0.2, 0.25) is 0 Å². The second-order valence-electron chi connectivity index (χ2n) is 9.25. The van der Waals surface area contributed by atoms with Gasteiger partial charge in [0.1, 0.15) is 11.6 Å². The molecule has 1 aromatic heterocycles. The van der Waals surface area contributed by atoms with Gasteiger partial charge in [-0.15, -0.1) is 0 Å². The lowest BCUT2D eigenvalue weighted by Gasteiger charge is -2.27. The van der Waals surface area contributed by atoms with Crippen molar-refractivity contribution in [1.29, 1.82) is 0 Å². The van der Waals surface area contributed by atoms with Crippen LogP contribution in [-0.2, 0) is 4.79 Å². The molecule has 2 aliphatic rings. The predicted molar refractivity (Wildman–Crippen MR) is 120 cm³/mol. The third kappa shape index (κ3) is 4.35. The van der Waals surface area contributed by atoms with Crippen LogP contribution < -0.4 is 4.74 Å². The van der Waals surface area contributed by atoms with Crippen LogP contribution in [0.25, 0.3) is 11.4 Å². The molecule has 0 N–H and O–H groups in total. The van der Waals surface area contributed by atoms with Gasteiger partial charge in [-0.1, -0.05) is 28.9 Å². The summed E-state index contributed by atoms with van der Waals surface area (Å²) in [6.45, 7) is 4.89. The quantitative estimate of drug-likeness (QED) is 0.593. The maximum absolute atomic E-state index is 13.1. The molecule has 1 spiro atoms. The number of aromatic nitrogens is 2. The van der Waals surface area contributed by atoms with E-state index in [0.29, 0.717) is 30.6 Å². The summed E-state index contributed by atoms with van der Waals surface area (Å²) in [5.41, 5.74) is 1.92. The van der Waals surface area contributed by atoms with E-state index in [9.17, 15) is 9.18 Å². The van der Waals surface area contributed by atoms with Crippen LogP contribution in [0.3, 0.4) is 0 Å². The minimum Gasteiger partial charge on any atom is -0.484 e. The molecule has 0 saturated carbocycles. The standard InChI is InChI=1S/C25H27FN4O3/c1-17-4-3-5-18(12-17)23-27-24(33-28-23)21-13-30(16-25(21)10-11-29(2)15-25)22(31)14-32-20-8-6-19(26)7-9-20/h3-9,12,21H,10-11,13-16H2,1-2H3/t21-,25-/m0/s1. The molecule has 3 heterocycles. The summed E-state index contributed by atoms with van der Waals surface area (Å²) < 4.78 is 24.5. The number of nitrogens with zero attached hydrogens (tertiary/aromatic N) is 4. The van der Waals surface area contributed by atoms with Crippen molar-refractivity contribution in [2.45, 2.75) is 19.3 Å². The van der Waals surface area contributed by atoms with E-state index in [2.05, 4.69) is 17.1 Å². The number of carbonyl (C=O) groups excluding carboxylic acids is 1. The number of benzene rings is 2. The average molecular weight is 451 g/mol. The Balaban J connectivity index is 1.34. The molecule has 0 unspecified atom stereocenters. The molecule has 3 aromatic rings. The molecule has 33 heavy (non-hydrogen) atoms. The van der Waals surface area contributed by atoms with E-state index in [4.69, 9.17) is 14.2 Å². The maximum atomic E-state index is 13.1. The summed E-state index contributed by atoms with van der Waals surface area (Å²) in [5, 5.41) is 4.24. The van der Waals surface area contributed by atoms with Gasteiger partial charge in [-0.05, 0) is 57.3 Å². The number of rotatable bonds is 5. The fourth-order valence-corrected chi connectivity index (χ4v) is 5.07. The first-order valence-corrected chi connectivity index (χ1v) is 11.2. The van der Waals surface area contributed by atoms with Crippen molar-refractivity contribution in [3.05, 3.63) is 65.8 Å². The van der Waals surface area contributed by atoms with E-state index in [0.717, 1.165) is 30.6 Å². The number of hydrogen-bond donors (Lipinski definition) is 0. The first-order chi connectivity index (χ1) is 15.9. The van der Waals surface area contributed by atoms with E-state index in [-0.39, 0.29) is 29.7 Å². The molecule has 172 valence electrons. The largest absolute Gasteiger partial charge is 0.484 e. The predicted octanol–water partition coefficient (Wildman–Crippen LogP) is 3.51. The van der Waals surface area contributed by atoms with Crippen molar-refractivity contribution >= 4 is 5.91 Å². The molecular weight excluding hydrogens is 423 g/mol. The van der Waals surface area contributed by atoms with Crippen LogP contribution in [0.15, 0.2) is 53.1 Å². The Morgan fingerprint density at radius 3 is 2.79 bits per heavy atom. The second kappa shape index (κ2) is 8.59. The highest BCUT2D eigenvalue weighted by molar-refractivity contribution is 5.78. The maximum Gasteiger partial charge on any atom is 0.260 e. The minimum absolute atomic E-state index is 0.0386. The summed E-state index contributed by atoms with van der Waals surface area (Å²) in [4.78, 5) is 21.9. The smallest absolute Gasteiger partial charge is 0.260 e. The highest BCUT2D eigenvalue weighted by Crippen LogP contribution is 2.48. The van der Waals surface area contributed by atoms with E-state index < -0.39 is 0 Å². The van der Waals surface area contributed by atoms with E-state index >= 15 is 0 Å². The number of ether oxygens (including phenoxy) is 1. The number of hydrogen-bond acceptors (Lipinski definition) is 6. The summed E-state index contributed by atoms with van der Waals surface area (Å²) >= 11 is 0. The molecule has 5 rings (SSSR count). The molecular formula is C25H27FN4O3. The van der Waals surface area contributed by atoms with Crippen molar-refractivity contribution in [2.24, 2.45) is 5.41 Å². The normalized spacial score (nSPS) is 22.9. The van der Waals surface area contributed by atoms with E-state index in [1.54, 1.807) is 0 Å². The topological polar surface area (TPSA) is 71.7 Å². The van der Waals surface area contributed by atoms with Gasteiger partial charge in [-0.3, -0.25) is 4.79 Å². The Morgan fingerprint density at radius 2 is 2.06 bits per heavy atom. The third-order valence-electron chi connectivity index (χ3n) is 6.77. The molecule has 0 bridgehead atoms. The fraction of sp³-hybridized carbons (Fsp3) is 0.400. The number of carbonyl (C=O) groups is 1. The van der Waals surface area contributed by atoms with Gasteiger partial charge in [0, 0.05) is 30.6 Å². The number of amides is 1. The Morgan fingerprint density at radius 1 is 1.24 bits per heavy atom. The van der Waals surface area contributed by atoms with Gasteiger partial charge < -0.3 is 19.1 Å². The Hall–Kier alpha value is -3.26. The second-order valence-corrected chi connectivity index (χ2v) is 9.25. The zero-order chi connectivity index (χ0) is 23.0. The third-order valence-corrected chi connectivity index (χ3v) is 6.77. The van der Waals surface area contributed by atoms with Crippen molar-refractivity contribution in [1.82, 2.24) is 19.9 Å². The van der Waals surface area contributed by atoms with E-state index in [1.165, 1.54) is 24.3 Å². The molecule has 8 heteroatoms. The lowest BCUT2D eigenvalue weighted by Crippen LogP contribution is -2.36. The van der Waals surface area contributed by atoms with Crippen LogP contribution in [0.4, 0.5) is 4.39 Å². The van der Waals surface area contributed by atoms with Crippen LogP contribution >= 0.6 is 0 Å². The molecule has 1 amide bonds. The number of likely N-dealkylation sites (tertiary alicyclic amines) is 2. The SMILES string of the molecule is Cc1cccc(-c2noc([C@@H]3CN(C(=O)COc4ccc(F)cc4)C[C@@]34CCN(C)C4)n2)c1.